The molecule has 0 spiro atoms. The molecule has 0 aromatic carbocycles. The van der Waals surface area contributed by atoms with Crippen LogP contribution in [0.1, 0.15) is 32.1 Å². The summed E-state index contributed by atoms with van der Waals surface area (Å²) in [5.74, 6) is 0.765. The summed E-state index contributed by atoms with van der Waals surface area (Å²) < 4.78 is 5.08. The number of aliphatic imine (C=N–C) groups is 1. The van der Waals surface area contributed by atoms with Crippen LogP contribution in [0.2, 0.25) is 0 Å². The molecule has 0 atom stereocenters. The summed E-state index contributed by atoms with van der Waals surface area (Å²) in [7, 11) is 7.34. The molecule has 1 aliphatic carbocycles. The standard InChI is InChI=1S/C17H35N5O2/c1-21(2)16(23)14-19-17(20-15-8-5-6-9-15)18-10-12-22(3)11-7-13-24-4/h15H,5-14H2,1-4H3,(H2,18,19,20). The second-order valence-corrected chi connectivity index (χ2v) is 6.66. The largest absolute Gasteiger partial charge is 0.385 e. The molecule has 0 aromatic heterocycles. The number of rotatable bonds is 10. The maximum Gasteiger partial charge on any atom is 0.243 e. The van der Waals surface area contributed by atoms with E-state index >= 15 is 0 Å². The van der Waals surface area contributed by atoms with Crippen molar-refractivity contribution in [3.05, 3.63) is 0 Å². The van der Waals surface area contributed by atoms with Crippen LogP contribution in [-0.2, 0) is 9.53 Å². The van der Waals surface area contributed by atoms with Gasteiger partial charge in [-0.05, 0) is 26.3 Å². The summed E-state index contributed by atoms with van der Waals surface area (Å²) in [6.07, 6.45) is 5.93. The van der Waals surface area contributed by atoms with E-state index in [1.54, 1.807) is 26.1 Å². The van der Waals surface area contributed by atoms with Crippen LogP contribution in [0, 0.1) is 0 Å². The van der Waals surface area contributed by atoms with Crippen molar-refractivity contribution >= 4 is 11.9 Å². The highest BCUT2D eigenvalue weighted by atomic mass is 16.5. The van der Waals surface area contributed by atoms with Crippen molar-refractivity contribution < 1.29 is 9.53 Å². The highest BCUT2D eigenvalue weighted by Gasteiger charge is 2.16. The number of methoxy groups -OCH3 is 1. The first-order valence-electron chi connectivity index (χ1n) is 8.95. The van der Waals surface area contributed by atoms with Gasteiger partial charge in [-0.1, -0.05) is 12.8 Å². The average Bonchev–Trinajstić information content (AvgIpc) is 3.05. The Labute approximate surface area is 146 Å². The van der Waals surface area contributed by atoms with E-state index in [-0.39, 0.29) is 12.5 Å². The molecule has 0 aromatic rings. The Hall–Kier alpha value is -1.34. The fourth-order valence-electron chi connectivity index (χ4n) is 2.66. The number of carbonyl (C=O) groups excluding carboxylic acids is 1. The van der Waals surface area contributed by atoms with Crippen molar-refractivity contribution in [1.82, 2.24) is 20.4 Å². The molecule has 0 heterocycles. The third-order valence-corrected chi connectivity index (χ3v) is 4.24. The Morgan fingerprint density at radius 2 is 1.92 bits per heavy atom. The number of carbonyl (C=O) groups is 1. The van der Waals surface area contributed by atoms with Gasteiger partial charge in [0.15, 0.2) is 5.96 Å². The summed E-state index contributed by atoms with van der Waals surface area (Å²) >= 11 is 0. The predicted molar refractivity (Wildman–Crippen MR) is 98.4 cm³/mol. The summed E-state index contributed by atoms with van der Waals surface area (Å²) in [5.41, 5.74) is 0. The van der Waals surface area contributed by atoms with Gasteiger partial charge in [0.25, 0.3) is 0 Å². The predicted octanol–water partition coefficient (Wildman–Crippen LogP) is 0.521. The minimum atomic E-state index is 0.0132. The number of hydrogen-bond acceptors (Lipinski definition) is 4. The van der Waals surface area contributed by atoms with Crippen LogP contribution >= 0.6 is 0 Å². The van der Waals surface area contributed by atoms with Gasteiger partial charge >= 0.3 is 0 Å². The number of nitrogens with one attached hydrogen (secondary N) is 2. The second-order valence-electron chi connectivity index (χ2n) is 6.66. The molecule has 7 heteroatoms. The Kier molecular flexibility index (Phi) is 10.4. The minimum absolute atomic E-state index is 0.0132. The summed E-state index contributed by atoms with van der Waals surface area (Å²) in [4.78, 5) is 20.0. The lowest BCUT2D eigenvalue weighted by atomic mass is 10.2. The maximum atomic E-state index is 11.8. The second kappa shape index (κ2) is 12.1. The van der Waals surface area contributed by atoms with E-state index in [1.165, 1.54) is 25.7 Å². The van der Waals surface area contributed by atoms with Gasteiger partial charge in [-0.2, -0.15) is 0 Å². The Morgan fingerprint density at radius 3 is 2.54 bits per heavy atom. The minimum Gasteiger partial charge on any atom is -0.385 e. The highest BCUT2D eigenvalue weighted by Crippen LogP contribution is 2.17. The lowest BCUT2D eigenvalue weighted by Gasteiger charge is -2.20. The smallest absolute Gasteiger partial charge is 0.243 e. The van der Waals surface area contributed by atoms with Crippen LogP contribution in [0.25, 0.3) is 0 Å². The average molecular weight is 342 g/mol. The van der Waals surface area contributed by atoms with Gasteiger partial charge in [0, 0.05) is 53.5 Å². The molecule has 24 heavy (non-hydrogen) atoms. The van der Waals surface area contributed by atoms with Gasteiger partial charge in [0.2, 0.25) is 5.91 Å². The molecule has 1 saturated carbocycles. The molecule has 2 N–H and O–H groups in total. The van der Waals surface area contributed by atoms with E-state index in [0.29, 0.717) is 6.04 Å². The molecule has 1 amide bonds. The van der Waals surface area contributed by atoms with Gasteiger partial charge in [0.05, 0.1) is 0 Å². The number of likely N-dealkylation sites (N-methyl/N-ethyl adjacent to an activating group) is 2. The molecular formula is C17H35N5O2. The van der Waals surface area contributed by atoms with E-state index in [9.17, 15) is 4.79 Å². The van der Waals surface area contributed by atoms with Gasteiger partial charge in [0.1, 0.15) is 6.54 Å². The molecule has 1 rings (SSSR count). The van der Waals surface area contributed by atoms with E-state index in [2.05, 4.69) is 27.6 Å². The first-order valence-corrected chi connectivity index (χ1v) is 8.95. The third kappa shape index (κ3) is 9.08. The van der Waals surface area contributed by atoms with Crippen LogP contribution in [0.5, 0.6) is 0 Å². The monoisotopic (exact) mass is 341 g/mol. The molecule has 0 radical (unpaired) electrons. The lowest BCUT2D eigenvalue weighted by molar-refractivity contribution is -0.127. The zero-order valence-corrected chi connectivity index (χ0v) is 15.8. The van der Waals surface area contributed by atoms with Crippen molar-refractivity contribution in [2.45, 2.75) is 38.1 Å². The fraction of sp³-hybridized carbons (Fsp3) is 0.882. The molecule has 1 aliphatic rings. The van der Waals surface area contributed by atoms with Crippen molar-refractivity contribution in [3.63, 3.8) is 0 Å². The van der Waals surface area contributed by atoms with Crippen LogP contribution in [0.15, 0.2) is 4.99 Å². The van der Waals surface area contributed by atoms with E-state index < -0.39 is 0 Å². The van der Waals surface area contributed by atoms with Gasteiger partial charge in [-0.3, -0.25) is 4.79 Å². The Balaban J connectivity index is 2.39. The summed E-state index contributed by atoms with van der Waals surface area (Å²) in [5, 5.41) is 6.82. The third-order valence-electron chi connectivity index (χ3n) is 4.24. The molecule has 140 valence electrons. The first kappa shape index (κ1) is 20.7. The topological polar surface area (TPSA) is 69.2 Å². The van der Waals surface area contributed by atoms with Gasteiger partial charge in [-0.25, -0.2) is 4.99 Å². The van der Waals surface area contributed by atoms with Gasteiger partial charge in [-0.15, -0.1) is 0 Å². The molecule has 0 unspecified atom stereocenters. The number of ether oxygens (including phenoxy) is 1. The summed E-state index contributed by atoms with van der Waals surface area (Å²) in [6, 6.07) is 0.477. The first-order chi connectivity index (χ1) is 11.5. The fourth-order valence-corrected chi connectivity index (χ4v) is 2.66. The quantitative estimate of drug-likeness (QED) is 0.344. The van der Waals surface area contributed by atoms with E-state index in [0.717, 1.165) is 38.6 Å². The molecule has 0 saturated heterocycles. The zero-order chi connectivity index (χ0) is 17.8. The number of nitrogens with zero attached hydrogens (tertiary/aromatic N) is 3. The van der Waals surface area contributed by atoms with Crippen molar-refractivity contribution in [2.75, 3.05) is 61.0 Å². The normalized spacial score (nSPS) is 15.8. The van der Waals surface area contributed by atoms with Gasteiger partial charge < -0.3 is 25.2 Å². The highest BCUT2D eigenvalue weighted by molar-refractivity contribution is 5.84. The van der Waals surface area contributed by atoms with Crippen LogP contribution in [0.3, 0.4) is 0 Å². The molecule has 0 bridgehead atoms. The molecule has 1 fully saturated rings. The number of amides is 1. The zero-order valence-electron chi connectivity index (χ0n) is 15.8. The van der Waals surface area contributed by atoms with Crippen molar-refractivity contribution in [2.24, 2.45) is 4.99 Å². The van der Waals surface area contributed by atoms with E-state index in [1.807, 2.05) is 0 Å². The number of hydrogen-bond donors (Lipinski definition) is 2. The van der Waals surface area contributed by atoms with Crippen LogP contribution in [0.4, 0.5) is 0 Å². The Morgan fingerprint density at radius 1 is 1.21 bits per heavy atom. The SMILES string of the molecule is COCCCN(C)CCNC(=NCC(=O)N(C)C)NC1CCCC1. The van der Waals surface area contributed by atoms with Crippen molar-refractivity contribution in [3.8, 4) is 0 Å². The van der Waals surface area contributed by atoms with Crippen LogP contribution < -0.4 is 10.6 Å². The summed E-state index contributed by atoms with van der Waals surface area (Å²) in [6.45, 7) is 3.71. The maximum absolute atomic E-state index is 11.8. The molecular weight excluding hydrogens is 306 g/mol. The van der Waals surface area contributed by atoms with Crippen LogP contribution in [-0.4, -0.2) is 88.7 Å². The molecule has 0 aliphatic heterocycles. The lowest BCUT2D eigenvalue weighted by Crippen LogP contribution is -2.45. The Bertz CT molecular complexity index is 381. The molecule has 7 nitrogen and oxygen atoms in total. The number of guanidine groups is 1. The van der Waals surface area contributed by atoms with Crippen molar-refractivity contribution in [1.29, 1.82) is 0 Å². The van der Waals surface area contributed by atoms with E-state index in [4.69, 9.17) is 4.74 Å².